The largest absolute Gasteiger partial charge is 0.309 e. The van der Waals surface area contributed by atoms with E-state index in [1.807, 2.05) is 12.3 Å². The summed E-state index contributed by atoms with van der Waals surface area (Å²) < 4.78 is 2.38. The highest BCUT2D eigenvalue weighted by atomic mass is 15.2. The lowest BCUT2D eigenvalue weighted by Crippen LogP contribution is -2.19. The molecule has 21 heavy (non-hydrogen) atoms. The number of rotatable bonds is 3. The Hall–Kier alpha value is -2.16. The molecular formula is C18H19N3. The number of fused-ring (bicyclic) bond motifs is 1. The molecule has 2 heterocycles. The molecule has 1 aliphatic rings. The quantitative estimate of drug-likeness (QED) is 0.723. The number of nitrogens with zero attached hydrogens (tertiary/aromatic N) is 3. The Labute approximate surface area is 124 Å². The summed E-state index contributed by atoms with van der Waals surface area (Å²) in [6.07, 6.45) is 6.59. The lowest BCUT2D eigenvalue weighted by molar-refractivity contribution is 0.313. The summed E-state index contributed by atoms with van der Waals surface area (Å²) in [7, 11) is 0. The van der Waals surface area contributed by atoms with Crippen LogP contribution in [0.25, 0.3) is 11.2 Å². The molecule has 0 saturated heterocycles. The van der Waals surface area contributed by atoms with Crippen LogP contribution in [0.1, 0.15) is 42.3 Å². The molecule has 0 spiro atoms. The summed E-state index contributed by atoms with van der Waals surface area (Å²) in [6, 6.07) is 13.2. The van der Waals surface area contributed by atoms with Gasteiger partial charge in [-0.3, -0.25) is 0 Å². The lowest BCUT2D eigenvalue weighted by Gasteiger charge is -2.28. The summed E-state index contributed by atoms with van der Waals surface area (Å²) in [4.78, 5) is 9.42. The Morgan fingerprint density at radius 3 is 2.76 bits per heavy atom. The third-order valence-corrected chi connectivity index (χ3v) is 4.57. The molecule has 1 saturated carbocycles. The highest BCUT2D eigenvalue weighted by molar-refractivity contribution is 5.71. The molecule has 2 aromatic heterocycles. The lowest BCUT2D eigenvalue weighted by atomic mass is 9.92. The van der Waals surface area contributed by atoms with E-state index < -0.39 is 0 Å². The van der Waals surface area contributed by atoms with Gasteiger partial charge in [0.05, 0.1) is 0 Å². The third-order valence-electron chi connectivity index (χ3n) is 4.57. The molecule has 0 N–H and O–H groups in total. The van der Waals surface area contributed by atoms with Gasteiger partial charge in [0.25, 0.3) is 0 Å². The highest BCUT2D eigenvalue weighted by Gasteiger charge is 2.25. The van der Waals surface area contributed by atoms with Gasteiger partial charge in [-0.1, -0.05) is 24.3 Å². The van der Waals surface area contributed by atoms with E-state index in [0.29, 0.717) is 6.04 Å². The molecule has 0 radical (unpaired) electrons. The van der Waals surface area contributed by atoms with Gasteiger partial charge < -0.3 is 4.57 Å². The Kier molecular flexibility index (Phi) is 2.99. The summed E-state index contributed by atoms with van der Waals surface area (Å²) in [5.74, 6) is 1.16. The number of benzene rings is 1. The molecule has 0 unspecified atom stereocenters. The first-order valence-electron chi connectivity index (χ1n) is 7.69. The highest BCUT2D eigenvalue weighted by Crippen LogP contribution is 2.35. The van der Waals surface area contributed by atoms with Crippen molar-refractivity contribution in [2.24, 2.45) is 0 Å². The molecule has 3 heteroatoms. The van der Waals surface area contributed by atoms with E-state index >= 15 is 0 Å². The second-order valence-corrected chi connectivity index (χ2v) is 5.93. The predicted molar refractivity (Wildman–Crippen MR) is 84.4 cm³/mol. The SMILES string of the molecule is Cc1ccccc1Cc1nc2cccnc2n1C1CCC1. The fraction of sp³-hybridized carbons (Fsp3) is 0.333. The summed E-state index contributed by atoms with van der Waals surface area (Å²) >= 11 is 0. The molecule has 0 atom stereocenters. The second-order valence-electron chi connectivity index (χ2n) is 5.93. The van der Waals surface area contributed by atoms with Crippen molar-refractivity contribution in [1.29, 1.82) is 0 Å². The summed E-state index contributed by atoms with van der Waals surface area (Å²) in [5, 5.41) is 0. The maximum atomic E-state index is 4.85. The van der Waals surface area contributed by atoms with Crippen molar-refractivity contribution in [3.63, 3.8) is 0 Å². The van der Waals surface area contributed by atoms with Crippen LogP contribution in [0.5, 0.6) is 0 Å². The van der Waals surface area contributed by atoms with Crippen molar-refractivity contribution in [2.75, 3.05) is 0 Å². The van der Waals surface area contributed by atoms with Crippen LogP contribution in [0.3, 0.4) is 0 Å². The summed E-state index contributed by atoms with van der Waals surface area (Å²) in [5.41, 5.74) is 4.75. The van der Waals surface area contributed by atoms with Crippen molar-refractivity contribution in [2.45, 2.75) is 38.6 Å². The minimum Gasteiger partial charge on any atom is -0.309 e. The monoisotopic (exact) mass is 277 g/mol. The van der Waals surface area contributed by atoms with Crippen LogP contribution in [0.2, 0.25) is 0 Å². The molecule has 4 rings (SSSR count). The van der Waals surface area contributed by atoms with Gasteiger partial charge in [0, 0.05) is 18.7 Å². The van der Waals surface area contributed by atoms with Gasteiger partial charge in [0.1, 0.15) is 11.3 Å². The topological polar surface area (TPSA) is 30.7 Å². The molecule has 0 aliphatic heterocycles. The molecule has 1 aliphatic carbocycles. The zero-order valence-corrected chi connectivity index (χ0v) is 12.3. The Bertz CT molecular complexity index is 784. The molecule has 0 amide bonds. The zero-order valence-electron chi connectivity index (χ0n) is 12.3. The number of aromatic nitrogens is 3. The van der Waals surface area contributed by atoms with Crippen molar-refractivity contribution in [3.8, 4) is 0 Å². The minimum absolute atomic E-state index is 0.587. The molecule has 3 nitrogen and oxygen atoms in total. The van der Waals surface area contributed by atoms with E-state index in [9.17, 15) is 0 Å². The molecular weight excluding hydrogens is 258 g/mol. The van der Waals surface area contributed by atoms with Gasteiger partial charge in [-0.05, 0) is 49.4 Å². The number of pyridine rings is 1. The van der Waals surface area contributed by atoms with Crippen LogP contribution in [-0.4, -0.2) is 14.5 Å². The first-order chi connectivity index (χ1) is 10.3. The van der Waals surface area contributed by atoms with E-state index in [2.05, 4.69) is 46.8 Å². The summed E-state index contributed by atoms with van der Waals surface area (Å²) in [6.45, 7) is 2.17. The van der Waals surface area contributed by atoms with Gasteiger partial charge in [-0.2, -0.15) is 0 Å². The van der Waals surface area contributed by atoms with Crippen LogP contribution in [0.4, 0.5) is 0 Å². The fourth-order valence-electron chi connectivity index (χ4n) is 3.11. The van der Waals surface area contributed by atoms with Gasteiger partial charge in [0.2, 0.25) is 0 Å². The zero-order chi connectivity index (χ0) is 14.2. The van der Waals surface area contributed by atoms with Crippen molar-refractivity contribution < 1.29 is 0 Å². The molecule has 1 fully saturated rings. The van der Waals surface area contributed by atoms with E-state index in [1.165, 1.54) is 30.4 Å². The average Bonchev–Trinajstić information content (AvgIpc) is 2.78. The van der Waals surface area contributed by atoms with Crippen molar-refractivity contribution in [1.82, 2.24) is 14.5 Å². The van der Waals surface area contributed by atoms with Crippen LogP contribution in [0.15, 0.2) is 42.6 Å². The maximum Gasteiger partial charge on any atom is 0.160 e. The van der Waals surface area contributed by atoms with Gasteiger partial charge in [0.15, 0.2) is 5.65 Å². The Balaban J connectivity index is 1.82. The van der Waals surface area contributed by atoms with E-state index in [0.717, 1.165) is 23.4 Å². The second kappa shape index (κ2) is 4.99. The van der Waals surface area contributed by atoms with E-state index in [4.69, 9.17) is 4.98 Å². The van der Waals surface area contributed by atoms with Crippen LogP contribution >= 0.6 is 0 Å². The van der Waals surface area contributed by atoms with E-state index in [1.54, 1.807) is 0 Å². The number of hydrogen-bond donors (Lipinski definition) is 0. The minimum atomic E-state index is 0.587. The van der Waals surface area contributed by atoms with Gasteiger partial charge in [-0.25, -0.2) is 9.97 Å². The molecule has 3 aromatic rings. The maximum absolute atomic E-state index is 4.85. The van der Waals surface area contributed by atoms with E-state index in [-0.39, 0.29) is 0 Å². The van der Waals surface area contributed by atoms with Crippen molar-refractivity contribution in [3.05, 3.63) is 59.5 Å². The fourth-order valence-corrected chi connectivity index (χ4v) is 3.11. The standard InChI is InChI=1S/C18H19N3/c1-13-6-2-3-7-14(13)12-17-20-16-10-5-11-19-18(16)21(17)15-8-4-9-15/h2-3,5-7,10-11,15H,4,8-9,12H2,1H3. The number of hydrogen-bond acceptors (Lipinski definition) is 2. The van der Waals surface area contributed by atoms with Crippen LogP contribution < -0.4 is 0 Å². The first kappa shape index (κ1) is 12.6. The predicted octanol–water partition coefficient (Wildman–Crippen LogP) is 4.06. The average molecular weight is 277 g/mol. The molecule has 0 bridgehead atoms. The molecule has 106 valence electrons. The third kappa shape index (κ3) is 2.13. The smallest absolute Gasteiger partial charge is 0.160 e. The van der Waals surface area contributed by atoms with Gasteiger partial charge in [-0.15, -0.1) is 0 Å². The van der Waals surface area contributed by atoms with Crippen molar-refractivity contribution >= 4 is 11.2 Å². The van der Waals surface area contributed by atoms with Crippen LogP contribution in [-0.2, 0) is 6.42 Å². The first-order valence-corrected chi connectivity index (χ1v) is 7.69. The van der Waals surface area contributed by atoms with Crippen LogP contribution in [0, 0.1) is 6.92 Å². The Morgan fingerprint density at radius 1 is 1.14 bits per heavy atom. The number of imidazole rings is 1. The molecule has 1 aromatic carbocycles. The number of aryl methyl sites for hydroxylation is 1. The Morgan fingerprint density at radius 2 is 2.00 bits per heavy atom. The van der Waals surface area contributed by atoms with Gasteiger partial charge >= 0.3 is 0 Å². The normalized spacial score (nSPS) is 15.3.